The molecule has 1 amide bonds. The number of hydrogen-bond donors (Lipinski definition) is 1. The maximum atomic E-state index is 12.7. The summed E-state index contributed by atoms with van der Waals surface area (Å²) in [7, 11) is 1.61. The highest BCUT2D eigenvalue weighted by Gasteiger charge is 2.28. The molecule has 24 heavy (non-hydrogen) atoms. The van der Waals surface area contributed by atoms with E-state index in [4.69, 9.17) is 0 Å². The number of piperidine rings is 2. The second-order valence-electron chi connectivity index (χ2n) is 6.83. The normalized spacial score (nSPS) is 21.0. The number of carbonyl (C=O) groups is 1. The summed E-state index contributed by atoms with van der Waals surface area (Å²) >= 11 is 0. The summed E-state index contributed by atoms with van der Waals surface area (Å²) in [6, 6.07) is 4.38. The van der Waals surface area contributed by atoms with Gasteiger partial charge in [0, 0.05) is 26.2 Å². The molecule has 132 valence electrons. The van der Waals surface area contributed by atoms with Gasteiger partial charge in [-0.2, -0.15) is 0 Å². The summed E-state index contributed by atoms with van der Waals surface area (Å²) in [4.78, 5) is 20.7. The van der Waals surface area contributed by atoms with Crippen LogP contribution in [0.25, 0.3) is 0 Å². The van der Waals surface area contributed by atoms with E-state index >= 15 is 0 Å². The number of hydrogen-bond acceptors (Lipinski definition) is 4. The van der Waals surface area contributed by atoms with Crippen LogP contribution in [0.15, 0.2) is 18.3 Å². The molecule has 3 heterocycles. The summed E-state index contributed by atoms with van der Waals surface area (Å²) in [6.45, 7) is 3.94. The van der Waals surface area contributed by atoms with Crippen LogP contribution >= 0.6 is 0 Å². The molecule has 6 heteroatoms. The summed E-state index contributed by atoms with van der Waals surface area (Å²) in [5.41, 5.74) is 1.53. The van der Waals surface area contributed by atoms with Gasteiger partial charge in [-0.1, -0.05) is 0 Å². The minimum absolute atomic E-state index is 0.156. The minimum atomic E-state index is -0.161. The molecule has 1 N–H and O–H groups in total. The third-order valence-corrected chi connectivity index (χ3v) is 5.42. The first-order valence-corrected chi connectivity index (χ1v) is 8.94. The fraction of sp³-hybridized carbons (Fsp3) is 0.667. The highest BCUT2D eigenvalue weighted by Crippen LogP contribution is 2.26. The molecule has 0 unspecified atom stereocenters. The quantitative estimate of drug-likeness (QED) is 0.916. The molecule has 0 aliphatic carbocycles. The molecule has 2 saturated heterocycles. The van der Waals surface area contributed by atoms with Gasteiger partial charge < -0.3 is 15.1 Å². The number of amides is 1. The van der Waals surface area contributed by atoms with Gasteiger partial charge in [-0.25, -0.2) is 4.98 Å². The molecule has 2 aliphatic rings. The zero-order valence-electron chi connectivity index (χ0n) is 14.4. The van der Waals surface area contributed by atoms with E-state index in [1.54, 1.807) is 19.3 Å². The number of aromatic nitrogens is 1. The van der Waals surface area contributed by atoms with E-state index in [9.17, 15) is 9.18 Å². The molecule has 1 aromatic heterocycles. The van der Waals surface area contributed by atoms with Gasteiger partial charge in [-0.15, -0.1) is 0 Å². The van der Waals surface area contributed by atoms with E-state index in [0.29, 0.717) is 11.7 Å². The molecule has 0 bridgehead atoms. The lowest BCUT2D eigenvalue weighted by atomic mass is 9.94. The van der Waals surface area contributed by atoms with Gasteiger partial charge in [0.25, 0.3) is 5.91 Å². The van der Waals surface area contributed by atoms with Crippen molar-refractivity contribution in [3.8, 4) is 0 Å². The van der Waals surface area contributed by atoms with Gasteiger partial charge in [0.1, 0.15) is 5.69 Å². The Hall–Kier alpha value is -1.69. The number of halogens is 1. The second kappa shape index (κ2) is 7.92. The van der Waals surface area contributed by atoms with E-state index in [2.05, 4.69) is 20.1 Å². The van der Waals surface area contributed by atoms with Crippen molar-refractivity contribution in [2.75, 3.05) is 44.8 Å². The van der Waals surface area contributed by atoms with Crippen molar-refractivity contribution >= 4 is 11.6 Å². The first-order chi connectivity index (χ1) is 11.7. The lowest BCUT2D eigenvalue weighted by Gasteiger charge is -2.42. The standard InChI is InChI=1S/C18H27FN4O/c1-20-18(24)17-3-2-16(13-21-17)23-10-6-15(7-11-23)22-8-4-14(12-19)5-9-22/h2-3,13-15H,4-12H2,1H3,(H,20,24). The molecule has 0 saturated carbocycles. The highest BCUT2D eigenvalue weighted by atomic mass is 19.1. The number of nitrogens with zero attached hydrogens (tertiary/aromatic N) is 3. The van der Waals surface area contributed by atoms with Gasteiger partial charge in [0.05, 0.1) is 18.6 Å². The van der Waals surface area contributed by atoms with E-state index < -0.39 is 0 Å². The maximum absolute atomic E-state index is 12.7. The summed E-state index contributed by atoms with van der Waals surface area (Å²) in [6.07, 6.45) is 6.07. The number of rotatable bonds is 4. The molecule has 2 aliphatic heterocycles. The van der Waals surface area contributed by atoms with Gasteiger partial charge in [0.15, 0.2) is 0 Å². The molecule has 0 radical (unpaired) electrons. The smallest absolute Gasteiger partial charge is 0.269 e. The van der Waals surface area contributed by atoms with Crippen LogP contribution < -0.4 is 10.2 Å². The van der Waals surface area contributed by atoms with Crippen LogP contribution in [0.2, 0.25) is 0 Å². The van der Waals surface area contributed by atoms with E-state index in [1.807, 2.05) is 6.07 Å². The molecule has 0 aromatic carbocycles. The van der Waals surface area contributed by atoms with Crippen molar-refractivity contribution in [3.05, 3.63) is 24.0 Å². The fourth-order valence-electron chi connectivity index (χ4n) is 3.80. The summed E-state index contributed by atoms with van der Waals surface area (Å²) in [5, 5.41) is 2.59. The minimum Gasteiger partial charge on any atom is -0.370 e. The second-order valence-corrected chi connectivity index (χ2v) is 6.83. The molecule has 1 aromatic rings. The Bertz CT molecular complexity index is 534. The Kier molecular flexibility index (Phi) is 5.66. The number of pyridine rings is 1. The van der Waals surface area contributed by atoms with E-state index in [1.165, 1.54) is 0 Å². The van der Waals surface area contributed by atoms with Crippen molar-refractivity contribution in [2.45, 2.75) is 31.7 Å². The van der Waals surface area contributed by atoms with Crippen LogP contribution in [0.1, 0.15) is 36.2 Å². The first-order valence-electron chi connectivity index (χ1n) is 8.94. The van der Waals surface area contributed by atoms with E-state index in [0.717, 1.165) is 57.5 Å². The Morgan fingerprint density at radius 1 is 1.21 bits per heavy atom. The van der Waals surface area contributed by atoms with Crippen LogP contribution in [-0.4, -0.2) is 61.7 Å². The van der Waals surface area contributed by atoms with Crippen LogP contribution in [-0.2, 0) is 0 Å². The molecule has 3 rings (SSSR count). The third kappa shape index (κ3) is 3.86. The SMILES string of the molecule is CNC(=O)c1ccc(N2CCC(N3CCC(CF)CC3)CC2)cn1. The monoisotopic (exact) mass is 334 g/mol. The molecule has 0 atom stereocenters. The van der Waals surface area contributed by atoms with Gasteiger partial charge in [-0.05, 0) is 56.8 Å². The molecule has 5 nitrogen and oxygen atoms in total. The van der Waals surface area contributed by atoms with Crippen LogP contribution in [0.5, 0.6) is 0 Å². The third-order valence-electron chi connectivity index (χ3n) is 5.42. The van der Waals surface area contributed by atoms with Crippen molar-refractivity contribution in [3.63, 3.8) is 0 Å². The predicted octanol–water partition coefficient (Wildman–Crippen LogP) is 2.09. The van der Waals surface area contributed by atoms with E-state index in [-0.39, 0.29) is 18.5 Å². The Labute approximate surface area is 143 Å². The van der Waals surface area contributed by atoms with Crippen molar-refractivity contribution in [1.29, 1.82) is 0 Å². The van der Waals surface area contributed by atoms with Crippen molar-refractivity contribution in [1.82, 2.24) is 15.2 Å². The Morgan fingerprint density at radius 2 is 1.92 bits per heavy atom. The summed E-state index contributed by atoms with van der Waals surface area (Å²) in [5.74, 6) is 0.128. The molecule has 0 spiro atoms. The number of carbonyl (C=O) groups excluding carboxylic acids is 1. The van der Waals surface area contributed by atoms with Crippen molar-refractivity contribution < 1.29 is 9.18 Å². The molecular formula is C18H27FN4O. The zero-order chi connectivity index (χ0) is 16.9. The Balaban J connectivity index is 1.51. The largest absolute Gasteiger partial charge is 0.370 e. The maximum Gasteiger partial charge on any atom is 0.269 e. The van der Waals surface area contributed by atoms with Gasteiger partial charge in [0.2, 0.25) is 0 Å². The van der Waals surface area contributed by atoms with Crippen LogP contribution in [0, 0.1) is 5.92 Å². The average Bonchev–Trinajstić information content (AvgIpc) is 2.68. The average molecular weight is 334 g/mol. The molecular weight excluding hydrogens is 307 g/mol. The summed E-state index contributed by atoms with van der Waals surface area (Å²) < 4.78 is 12.7. The zero-order valence-corrected chi connectivity index (χ0v) is 14.4. The van der Waals surface area contributed by atoms with Crippen LogP contribution in [0.3, 0.4) is 0 Å². The van der Waals surface area contributed by atoms with Gasteiger partial charge >= 0.3 is 0 Å². The first kappa shape index (κ1) is 17.1. The lowest BCUT2D eigenvalue weighted by molar-refractivity contribution is 0.0958. The number of alkyl halides is 1. The Morgan fingerprint density at radius 3 is 2.46 bits per heavy atom. The molecule has 2 fully saturated rings. The lowest BCUT2D eigenvalue weighted by Crippen LogP contribution is -2.48. The number of likely N-dealkylation sites (tertiary alicyclic amines) is 1. The topological polar surface area (TPSA) is 48.5 Å². The predicted molar refractivity (Wildman–Crippen MR) is 93.1 cm³/mol. The van der Waals surface area contributed by atoms with Gasteiger partial charge in [-0.3, -0.25) is 9.18 Å². The van der Waals surface area contributed by atoms with Crippen LogP contribution in [0.4, 0.5) is 10.1 Å². The fourth-order valence-corrected chi connectivity index (χ4v) is 3.80. The number of anilines is 1. The number of nitrogens with one attached hydrogen (secondary N) is 1. The van der Waals surface area contributed by atoms with Crippen molar-refractivity contribution in [2.24, 2.45) is 5.92 Å². The highest BCUT2D eigenvalue weighted by molar-refractivity contribution is 5.92.